The third-order valence-electron chi connectivity index (χ3n) is 9.76. The fraction of sp³-hybridized carbons (Fsp3) is 0.425. The average Bonchev–Trinajstić information content (AvgIpc) is 3.12. The number of carbonyl (C=O) groups is 2. The molecule has 0 aliphatic carbocycles. The molecule has 0 atom stereocenters. The van der Waals surface area contributed by atoms with Crippen molar-refractivity contribution < 1.29 is 54.0 Å². The van der Waals surface area contributed by atoms with E-state index in [4.69, 9.17) is 14.2 Å². The number of rotatable bonds is 15. The topological polar surface area (TPSA) is 87.1 Å². The summed E-state index contributed by atoms with van der Waals surface area (Å²) in [5.74, 6) is -2.17. The molecule has 2 heterocycles. The van der Waals surface area contributed by atoms with E-state index in [1.54, 1.807) is 41.8 Å². The summed E-state index contributed by atoms with van der Waals surface area (Å²) in [4.78, 5) is 41.6. The lowest BCUT2D eigenvalue weighted by atomic mass is 10.1. The van der Waals surface area contributed by atoms with Crippen LogP contribution in [0.4, 0.5) is 14.5 Å². The molecule has 0 bridgehead atoms. The highest BCUT2D eigenvalue weighted by atomic mass is 79.9. The molecule has 0 radical (unpaired) electrons. The van der Waals surface area contributed by atoms with E-state index in [1.165, 1.54) is 82.7 Å². The summed E-state index contributed by atoms with van der Waals surface area (Å²) in [7, 11) is 5.11. The van der Waals surface area contributed by atoms with Gasteiger partial charge in [0, 0.05) is 42.0 Å². The number of halogens is 3. The summed E-state index contributed by atoms with van der Waals surface area (Å²) in [5.41, 5.74) is 0.197. The van der Waals surface area contributed by atoms with Gasteiger partial charge < -0.3 is 45.1 Å². The van der Waals surface area contributed by atoms with Crippen molar-refractivity contribution in [2.45, 2.75) is 58.3 Å². The fourth-order valence-electron chi connectivity index (χ4n) is 6.94. The van der Waals surface area contributed by atoms with Crippen molar-refractivity contribution in [3.05, 3.63) is 93.8 Å². The van der Waals surface area contributed by atoms with Gasteiger partial charge in [0.05, 0.1) is 64.3 Å². The molecule has 1 aliphatic rings. The predicted molar refractivity (Wildman–Crippen MR) is 194 cm³/mol. The van der Waals surface area contributed by atoms with Gasteiger partial charge in [-0.1, -0.05) is 12.8 Å². The number of carbonyl (C=O) groups excluding carboxylic acids is 2. The van der Waals surface area contributed by atoms with Crippen LogP contribution in [0.25, 0.3) is 16.6 Å². The number of esters is 1. The van der Waals surface area contributed by atoms with Crippen LogP contribution in [-0.4, -0.2) is 75.0 Å². The zero-order valence-corrected chi connectivity index (χ0v) is 32.0. The average molecular weight is 785 g/mol. The summed E-state index contributed by atoms with van der Waals surface area (Å²) >= 11 is 0. The lowest BCUT2D eigenvalue weighted by Crippen LogP contribution is -3.00. The van der Waals surface area contributed by atoms with Gasteiger partial charge in [0.1, 0.15) is 28.7 Å². The minimum Gasteiger partial charge on any atom is -1.00 e. The molecule has 1 fully saturated rings. The van der Waals surface area contributed by atoms with Crippen LogP contribution in [0.15, 0.2) is 65.6 Å². The van der Waals surface area contributed by atoms with Crippen LogP contribution in [-0.2, 0) is 4.74 Å². The first-order valence-corrected chi connectivity index (χ1v) is 17.8. The van der Waals surface area contributed by atoms with Crippen molar-refractivity contribution in [1.29, 1.82) is 0 Å². The number of amides is 1. The van der Waals surface area contributed by atoms with Crippen LogP contribution >= 0.6 is 0 Å². The van der Waals surface area contributed by atoms with Gasteiger partial charge in [0.2, 0.25) is 5.43 Å². The SMILES string of the molecule is CCN(C(=O)c1cn(-c2cc(OC)cc(C(=O)OC)c2)c2cc(OCCCCCCC[N+]3(C)CCCCC3)ccc2c1=O)c1cc(F)cc(F)c1.[Br-]. The van der Waals surface area contributed by atoms with Crippen molar-refractivity contribution in [1.82, 2.24) is 4.57 Å². The summed E-state index contributed by atoms with van der Waals surface area (Å²) in [6.07, 6.45) is 10.9. The van der Waals surface area contributed by atoms with Gasteiger partial charge >= 0.3 is 5.97 Å². The second kappa shape index (κ2) is 18.5. The Balaban J connectivity index is 0.00000605. The molecule has 1 aliphatic heterocycles. The maximum atomic E-state index is 14.2. The zero-order chi connectivity index (χ0) is 36.5. The highest BCUT2D eigenvalue weighted by Gasteiger charge is 2.25. The van der Waals surface area contributed by atoms with Crippen LogP contribution in [0.1, 0.15) is 79.0 Å². The molecule has 5 rings (SSSR count). The van der Waals surface area contributed by atoms with Crippen LogP contribution < -0.4 is 36.8 Å². The number of nitrogens with zero attached hydrogens (tertiary/aromatic N) is 3. The van der Waals surface area contributed by atoms with Gasteiger partial charge in [-0.25, -0.2) is 13.6 Å². The van der Waals surface area contributed by atoms with Crippen molar-refractivity contribution in [2.24, 2.45) is 0 Å². The van der Waals surface area contributed by atoms with E-state index in [2.05, 4.69) is 7.05 Å². The number of methoxy groups -OCH3 is 2. The normalized spacial score (nSPS) is 13.7. The smallest absolute Gasteiger partial charge is 0.338 e. The number of quaternary nitrogens is 1. The number of aromatic nitrogens is 1. The Hall–Kier alpha value is -4.29. The van der Waals surface area contributed by atoms with Crippen LogP contribution in [0.2, 0.25) is 0 Å². The van der Waals surface area contributed by atoms with Gasteiger partial charge in [-0.3, -0.25) is 9.59 Å². The molecule has 52 heavy (non-hydrogen) atoms. The Morgan fingerprint density at radius 1 is 0.865 bits per heavy atom. The minimum atomic E-state index is -0.852. The molecular weight excluding hydrogens is 736 g/mol. The first-order chi connectivity index (χ1) is 24.6. The highest BCUT2D eigenvalue weighted by molar-refractivity contribution is 6.07. The molecule has 0 unspecified atom stereocenters. The molecule has 1 amide bonds. The molecule has 9 nitrogen and oxygen atoms in total. The fourth-order valence-corrected chi connectivity index (χ4v) is 6.94. The standard InChI is InChI=1S/C40H48F2N3O6.BrH/c1-5-43(32-23-29(41)22-30(42)24-32)39(47)36-27-44(31-20-28(40(48)50-4)21-34(25-31)49-3)37-26-33(14-15-35(37)38(36)46)51-19-13-8-6-7-10-16-45(2)17-11-9-12-18-45;/h14-15,20-27H,5-13,16-19H2,1-4H3;1H/q+1;/p-1. The molecule has 0 saturated carbocycles. The van der Waals surface area contributed by atoms with Crippen LogP contribution in [0.3, 0.4) is 0 Å². The summed E-state index contributed by atoms with van der Waals surface area (Å²) in [5, 5.41) is 0.210. The second-order valence-corrected chi connectivity index (χ2v) is 13.5. The first kappa shape index (κ1) is 40.5. The number of piperidine rings is 1. The van der Waals surface area contributed by atoms with Gasteiger partial charge in [0.25, 0.3) is 5.91 Å². The third kappa shape index (κ3) is 9.77. The van der Waals surface area contributed by atoms with E-state index >= 15 is 0 Å². The summed E-state index contributed by atoms with van der Waals surface area (Å²) in [6, 6.07) is 12.5. The van der Waals surface area contributed by atoms with E-state index in [0.717, 1.165) is 36.3 Å². The number of benzene rings is 3. The minimum absolute atomic E-state index is 0. The Labute approximate surface area is 314 Å². The quantitative estimate of drug-likeness (QED) is 0.0989. The highest BCUT2D eigenvalue weighted by Crippen LogP contribution is 2.28. The number of hydrogen-bond acceptors (Lipinski definition) is 6. The van der Waals surface area contributed by atoms with Crippen molar-refractivity contribution in [3.63, 3.8) is 0 Å². The van der Waals surface area contributed by atoms with E-state index < -0.39 is 28.9 Å². The lowest BCUT2D eigenvalue weighted by molar-refractivity contribution is -0.914. The number of unbranched alkanes of at least 4 members (excludes halogenated alkanes) is 4. The summed E-state index contributed by atoms with van der Waals surface area (Å²) < 4.78 is 47.7. The van der Waals surface area contributed by atoms with E-state index in [9.17, 15) is 23.2 Å². The van der Waals surface area contributed by atoms with Gasteiger partial charge in [-0.05, 0) is 81.8 Å². The monoisotopic (exact) mass is 783 g/mol. The molecule has 1 aromatic heterocycles. The number of fused-ring (bicyclic) bond motifs is 1. The number of anilines is 1. The van der Waals surface area contributed by atoms with Gasteiger partial charge in [0.15, 0.2) is 0 Å². The third-order valence-corrected chi connectivity index (χ3v) is 9.76. The Bertz CT molecular complexity index is 1910. The molecule has 4 aromatic rings. The van der Waals surface area contributed by atoms with Crippen molar-refractivity contribution in [2.75, 3.05) is 59.0 Å². The number of pyridine rings is 1. The summed E-state index contributed by atoms with van der Waals surface area (Å²) in [6.45, 7) is 6.02. The lowest BCUT2D eigenvalue weighted by Gasteiger charge is -2.37. The number of likely N-dealkylation sites (tertiary alicyclic amines) is 1. The van der Waals surface area contributed by atoms with E-state index in [0.29, 0.717) is 35.4 Å². The molecule has 0 spiro atoms. The van der Waals surface area contributed by atoms with E-state index in [1.807, 2.05) is 0 Å². The molecule has 12 heteroatoms. The number of ether oxygens (including phenoxy) is 3. The first-order valence-electron chi connectivity index (χ1n) is 17.8. The van der Waals surface area contributed by atoms with Gasteiger partial charge in [-0.2, -0.15) is 0 Å². The number of hydrogen-bond donors (Lipinski definition) is 0. The Morgan fingerprint density at radius 2 is 1.56 bits per heavy atom. The second-order valence-electron chi connectivity index (χ2n) is 13.5. The molecular formula is C40H48BrF2N3O6. The Morgan fingerprint density at radius 3 is 2.23 bits per heavy atom. The molecule has 280 valence electrons. The Kier molecular flexibility index (Phi) is 14.4. The maximum absolute atomic E-state index is 14.2. The largest absolute Gasteiger partial charge is 1.00 e. The molecule has 1 saturated heterocycles. The maximum Gasteiger partial charge on any atom is 0.338 e. The van der Waals surface area contributed by atoms with Crippen LogP contribution in [0.5, 0.6) is 11.5 Å². The van der Waals surface area contributed by atoms with Gasteiger partial charge in [-0.15, -0.1) is 0 Å². The van der Waals surface area contributed by atoms with Crippen LogP contribution in [0, 0.1) is 11.6 Å². The zero-order valence-electron chi connectivity index (χ0n) is 30.4. The van der Waals surface area contributed by atoms with E-state index in [-0.39, 0.29) is 45.7 Å². The van der Waals surface area contributed by atoms with Crippen molar-refractivity contribution >= 4 is 28.5 Å². The molecule has 3 aromatic carbocycles. The van der Waals surface area contributed by atoms with Crippen molar-refractivity contribution in [3.8, 4) is 17.2 Å². The molecule has 0 N–H and O–H groups in total. The predicted octanol–water partition coefficient (Wildman–Crippen LogP) is 4.69.